The molecule has 0 saturated heterocycles. The van der Waals surface area contributed by atoms with E-state index in [0.717, 1.165) is 29.8 Å². The van der Waals surface area contributed by atoms with Crippen LogP contribution >= 0.6 is 0 Å². The Morgan fingerprint density at radius 2 is 2.25 bits per heavy atom. The lowest BCUT2D eigenvalue weighted by Gasteiger charge is -2.20. The second-order valence-electron chi connectivity index (χ2n) is 5.87. The molecule has 1 aromatic heterocycles. The SMILES string of the molecule is CCn1cc(NC(=O)N[C@@H](C)c2ccc3c(c2)CCC(=O)N3)cn1. The summed E-state index contributed by atoms with van der Waals surface area (Å²) in [7, 11) is 0. The van der Waals surface area contributed by atoms with Crippen LogP contribution in [-0.4, -0.2) is 21.7 Å². The van der Waals surface area contributed by atoms with Crippen LogP contribution in [-0.2, 0) is 17.8 Å². The van der Waals surface area contributed by atoms with Crippen LogP contribution in [0.25, 0.3) is 0 Å². The van der Waals surface area contributed by atoms with Gasteiger partial charge in [-0.2, -0.15) is 5.10 Å². The Morgan fingerprint density at radius 1 is 1.42 bits per heavy atom. The number of rotatable bonds is 4. The van der Waals surface area contributed by atoms with Crippen LogP contribution in [0.2, 0.25) is 0 Å². The number of aromatic nitrogens is 2. The normalized spacial score (nSPS) is 14.5. The van der Waals surface area contributed by atoms with Crippen LogP contribution in [0.3, 0.4) is 0 Å². The van der Waals surface area contributed by atoms with Gasteiger partial charge in [0.1, 0.15) is 0 Å². The molecule has 3 amide bonds. The van der Waals surface area contributed by atoms with Crippen molar-refractivity contribution in [3.05, 3.63) is 41.7 Å². The van der Waals surface area contributed by atoms with Gasteiger partial charge >= 0.3 is 6.03 Å². The molecule has 2 heterocycles. The molecule has 24 heavy (non-hydrogen) atoms. The third kappa shape index (κ3) is 3.56. The smallest absolute Gasteiger partial charge is 0.319 e. The summed E-state index contributed by atoms with van der Waals surface area (Å²) < 4.78 is 1.75. The lowest BCUT2D eigenvalue weighted by Crippen LogP contribution is -2.31. The maximum absolute atomic E-state index is 12.1. The summed E-state index contributed by atoms with van der Waals surface area (Å²) >= 11 is 0. The topological polar surface area (TPSA) is 88.0 Å². The zero-order valence-electron chi connectivity index (χ0n) is 13.8. The van der Waals surface area contributed by atoms with Gasteiger partial charge in [0, 0.05) is 24.8 Å². The van der Waals surface area contributed by atoms with Crippen molar-refractivity contribution in [1.29, 1.82) is 0 Å². The fraction of sp³-hybridized carbons (Fsp3) is 0.353. The van der Waals surface area contributed by atoms with E-state index in [1.165, 1.54) is 0 Å². The lowest BCUT2D eigenvalue weighted by molar-refractivity contribution is -0.116. The summed E-state index contributed by atoms with van der Waals surface area (Å²) in [5, 5.41) is 12.7. The first kappa shape index (κ1) is 16.0. The van der Waals surface area contributed by atoms with Gasteiger partial charge in [0.05, 0.1) is 17.9 Å². The number of anilines is 2. The van der Waals surface area contributed by atoms with Gasteiger partial charge in [-0.1, -0.05) is 12.1 Å². The molecule has 1 atom stereocenters. The number of nitrogens with zero attached hydrogens (tertiary/aromatic N) is 2. The monoisotopic (exact) mass is 327 g/mol. The standard InChI is InChI=1S/C17H21N5O2/c1-3-22-10-14(9-18-22)20-17(24)19-11(2)12-4-6-15-13(8-12)5-7-16(23)21-15/h4,6,8-11H,3,5,7H2,1-2H3,(H,21,23)(H2,19,20,24)/t11-/m0/s1. The maximum atomic E-state index is 12.1. The van der Waals surface area contributed by atoms with E-state index in [2.05, 4.69) is 21.0 Å². The van der Waals surface area contributed by atoms with E-state index in [4.69, 9.17) is 0 Å². The third-order valence-electron chi connectivity index (χ3n) is 4.09. The second-order valence-corrected chi connectivity index (χ2v) is 5.87. The molecule has 0 spiro atoms. The van der Waals surface area contributed by atoms with Crippen molar-refractivity contribution in [1.82, 2.24) is 15.1 Å². The number of hydrogen-bond donors (Lipinski definition) is 3. The Hall–Kier alpha value is -2.83. The second kappa shape index (κ2) is 6.74. The number of carbonyl (C=O) groups excluding carboxylic acids is 2. The highest BCUT2D eigenvalue weighted by molar-refractivity contribution is 5.94. The number of aryl methyl sites for hydroxylation is 2. The number of fused-ring (bicyclic) bond motifs is 1. The zero-order chi connectivity index (χ0) is 17.1. The van der Waals surface area contributed by atoms with E-state index in [9.17, 15) is 9.59 Å². The fourth-order valence-electron chi connectivity index (χ4n) is 2.72. The summed E-state index contributed by atoms with van der Waals surface area (Å²) in [6.07, 6.45) is 4.63. The quantitative estimate of drug-likeness (QED) is 0.806. The molecule has 0 aliphatic carbocycles. The summed E-state index contributed by atoms with van der Waals surface area (Å²) in [4.78, 5) is 23.5. The molecule has 3 N–H and O–H groups in total. The van der Waals surface area contributed by atoms with Crippen LogP contribution < -0.4 is 16.0 Å². The highest BCUT2D eigenvalue weighted by Crippen LogP contribution is 2.26. The molecule has 7 heteroatoms. The Kier molecular flexibility index (Phi) is 4.50. The molecule has 0 radical (unpaired) electrons. The van der Waals surface area contributed by atoms with Crippen molar-refractivity contribution in [2.75, 3.05) is 10.6 Å². The highest BCUT2D eigenvalue weighted by atomic mass is 16.2. The first-order valence-corrected chi connectivity index (χ1v) is 8.08. The minimum absolute atomic E-state index is 0.0495. The minimum atomic E-state index is -0.274. The van der Waals surface area contributed by atoms with Crippen LogP contribution in [0, 0.1) is 0 Å². The molecule has 0 fully saturated rings. The van der Waals surface area contributed by atoms with Gasteiger partial charge in [-0.15, -0.1) is 0 Å². The van der Waals surface area contributed by atoms with Crippen molar-refractivity contribution in [2.45, 2.75) is 39.3 Å². The summed E-state index contributed by atoms with van der Waals surface area (Å²) in [6, 6.07) is 5.43. The number of carbonyl (C=O) groups is 2. The first-order chi connectivity index (χ1) is 11.5. The molecule has 1 aliphatic heterocycles. The Balaban J connectivity index is 1.63. The van der Waals surface area contributed by atoms with Crippen molar-refractivity contribution < 1.29 is 9.59 Å². The molecule has 7 nitrogen and oxygen atoms in total. The van der Waals surface area contributed by atoms with E-state index in [1.54, 1.807) is 17.1 Å². The predicted octanol–water partition coefficient (Wildman–Crippen LogP) is 2.67. The van der Waals surface area contributed by atoms with Crippen LogP contribution in [0.1, 0.15) is 37.4 Å². The van der Waals surface area contributed by atoms with Gasteiger partial charge in [-0.05, 0) is 37.5 Å². The van der Waals surface area contributed by atoms with Crippen molar-refractivity contribution in [2.24, 2.45) is 0 Å². The van der Waals surface area contributed by atoms with Gasteiger partial charge in [-0.25, -0.2) is 4.79 Å². The molecule has 126 valence electrons. The van der Waals surface area contributed by atoms with Crippen LogP contribution in [0.15, 0.2) is 30.6 Å². The summed E-state index contributed by atoms with van der Waals surface area (Å²) in [6.45, 7) is 4.67. The molecule has 1 aliphatic rings. The molecular formula is C17H21N5O2. The minimum Gasteiger partial charge on any atom is -0.331 e. The summed E-state index contributed by atoms with van der Waals surface area (Å²) in [5.41, 5.74) is 3.63. The van der Waals surface area contributed by atoms with Crippen molar-refractivity contribution in [3.8, 4) is 0 Å². The van der Waals surface area contributed by atoms with E-state index in [-0.39, 0.29) is 18.0 Å². The number of urea groups is 1. The summed E-state index contributed by atoms with van der Waals surface area (Å²) in [5.74, 6) is 0.0495. The van der Waals surface area contributed by atoms with Gasteiger partial charge in [0.25, 0.3) is 0 Å². The van der Waals surface area contributed by atoms with E-state index in [0.29, 0.717) is 12.1 Å². The molecule has 0 saturated carbocycles. The third-order valence-corrected chi connectivity index (χ3v) is 4.09. The molecule has 3 rings (SSSR count). The van der Waals surface area contributed by atoms with Crippen LogP contribution in [0.5, 0.6) is 0 Å². The van der Waals surface area contributed by atoms with Gasteiger partial charge in [-0.3, -0.25) is 9.48 Å². The number of nitrogens with one attached hydrogen (secondary N) is 3. The Morgan fingerprint density at radius 3 is 3.00 bits per heavy atom. The molecule has 0 unspecified atom stereocenters. The zero-order valence-corrected chi connectivity index (χ0v) is 13.8. The van der Waals surface area contributed by atoms with E-state index in [1.807, 2.05) is 32.0 Å². The number of hydrogen-bond acceptors (Lipinski definition) is 3. The first-order valence-electron chi connectivity index (χ1n) is 8.08. The molecule has 2 aromatic rings. The number of amides is 3. The average Bonchev–Trinajstić information content (AvgIpc) is 3.01. The molecule has 0 bridgehead atoms. The Labute approximate surface area is 140 Å². The highest BCUT2D eigenvalue weighted by Gasteiger charge is 2.17. The average molecular weight is 327 g/mol. The largest absolute Gasteiger partial charge is 0.331 e. The van der Waals surface area contributed by atoms with Crippen molar-refractivity contribution >= 4 is 23.3 Å². The maximum Gasteiger partial charge on any atom is 0.319 e. The fourth-order valence-corrected chi connectivity index (χ4v) is 2.72. The van der Waals surface area contributed by atoms with E-state index >= 15 is 0 Å². The van der Waals surface area contributed by atoms with Gasteiger partial charge in [0.15, 0.2) is 0 Å². The van der Waals surface area contributed by atoms with Gasteiger partial charge in [0.2, 0.25) is 5.91 Å². The lowest BCUT2D eigenvalue weighted by atomic mass is 9.98. The van der Waals surface area contributed by atoms with E-state index < -0.39 is 0 Å². The van der Waals surface area contributed by atoms with Crippen LogP contribution in [0.4, 0.5) is 16.2 Å². The molecular weight excluding hydrogens is 306 g/mol. The molecule has 1 aromatic carbocycles. The van der Waals surface area contributed by atoms with Crippen molar-refractivity contribution in [3.63, 3.8) is 0 Å². The Bertz CT molecular complexity index is 768. The number of benzene rings is 1. The van der Waals surface area contributed by atoms with Gasteiger partial charge < -0.3 is 16.0 Å². The predicted molar refractivity (Wildman–Crippen MR) is 91.9 cm³/mol.